The van der Waals surface area contributed by atoms with Gasteiger partial charge >= 0.3 is 5.97 Å². The molecule has 0 amide bonds. The highest BCUT2D eigenvalue weighted by Crippen LogP contribution is 2.52. The summed E-state index contributed by atoms with van der Waals surface area (Å²) in [5, 5.41) is 68.3. The van der Waals surface area contributed by atoms with E-state index in [0.717, 1.165) is 47.8 Å². The molecule has 2 heterocycles. The average Bonchev–Trinajstić information content (AvgIpc) is 3.74. The Hall–Kier alpha value is -4.90. The monoisotopic (exact) mass is 828 g/mol. The molecule has 15 heteroatoms. The van der Waals surface area contributed by atoms with Gasteiger partial charge in [0, 0.05) is 30.7 Å². The third-order valence-electron chi connectivity index (χ3n) is 12.8. The van der Waals surface area contributed by atoms with Crippen LogP contribution in [0, 0.1) is 23.7 Å². The summed E-state index contributed by atoms with van der Waals surface area (Å²) in [5.74, 6) is -0.670. The van der Waals surface area contributed by atoms with Gasteiger partial charge < -0.3 is 67.3 Å². The minimum atomic E-state index is -1.46. The lowest BCUT2D eigenvalue weighted by atomic mass is 9.58. The van der Waals surface area contributed by atoms with Crippen LogP contribution >= 0.6 is 0 Å². The number of fused-ring (bicyclic) bond motifs is 5. The van der Waals surface area contributed by atoms with Gasteiger partial charge in [-0.05, 0) is 127 Å². The number of nitrogens with one attached hydrogen (secondary N) is 3. The number of allylic oxidation sites excluding steroid dienone is 2. The van der Waals surface area contributed by atoms with Crippen molar-refractivity contribution >= 4 is 41.1 Å². The molecule has 0 fully saturated rings. The van der Waals surface area contributed by atoms with Gasteiger partial charge in [-0.25, -0.2) is 9.79 Å². The van der Waals surface area contributed by atoms with Gasteiger partial charge in [0.2, 0.25) is 0 Å². The molecule has 1 aromatic heterocycles. The van der Waals surface area contributed by atoms with Crippen molar-refractivity contribution in [2.45, 2.75) is 113 Å². The lowest BCUT2D eigenvalue weighted by Gasteiger charge is -2.47. The van der Waals surface area contributed by atoms with Gasteiger partial charge in [0.15, 0.2) is 12.2 Å². The van der Waals surface area contributed by atoms with Crippen LogP contribution in [0.15, 0.2) is 77.5 Å². The van der Waals surface area contributed by atoms with E-state index in [9.17, 15) is 45.0 Å². The normalized spacial score (nSPS) is 25.1. The molecule has 3 aromatic rings. The summed E-state index contributed by atoms with van der Waals surface area (Å²) in [5.41, 5.74) is 16.7. The van der Waals surface area contributed by atoms with E-state index in [1.165, 1.54) is 11.1 Å². The molecule has 6 rings (SSSR count). The fraction of sp³-hybridized carbons (Fsp3) is 0.511. The number of anilines is 1. The fourth-order valence-electron chi connectivity index (χ4n) is 9.70. The summed E-state index contributed by atoms with van der Waals surface area (Å²) < 4.78 is 0. The molecule has 0 unspecified atom stereocenters. The molecule has 0 saturated carbocycles. The van der Waals surface area contributed by atoms with Crippen LogP contribution in [0.1, 0.15) is 74.0 Å². The Morgan fingerprint density at radius 1 is 1.00 bits per heavy atom. The average molecular weight is 829 g/mol. The Kier molecular flexibility index (Phi) is 15.3. The van der Waals surface area contributed by atoms with Crippen LogP contribution in [0.4, 0.5) is 5.82 Å². The predicted molar refractivity (Wildman–Crippen MR) is 228 cm³/mol. The van der Waals surface area contributed by atoms with E-state index >= 15 is 0 Å². The maximum absolute atomic E-state index is 12.6. The zero-order valence-electron chi connectivity index (χ0n) is 33.7. The van der Waals surface area contributed by atoms with E-state index in [1.54, 1.807) is 6.20 Å². The standard InChI is InChI=1S/C45H60N6O9/c46-32(10-4-26(23-53)5-12-41(56)57)11-9-27-7-8-29-18-31-17-28-6-3-25(13-15-52)16-30(28)19-33(31)43(27)34(29)20-36(49-40-2-1-14-48-40)35(21-42(58)59)37-22-38(51-45(47)50-37)44(60)39(55)24-54/h1-3,6-8,14-17,19,21,23,26-27,29,32,34,36-39,41,43-44,48-49,54-57,60H,4-5,9-13,18,20,22,24,46H2,(H,58,59)(H3,47,50,51)/b35-21-/t26-,27+,29+,32+,34-,36+,37-,38+,39+,43-,44-/m0/s1. The first-order chi connectivity index (χ1) is 28.9. The van der Waals surface area contributed by atoms with E-state index in [-0.39, 0.29) is 54.4 Å². The molecule has 13 N–H and O–H groups in total. The number of aliphatic hydroxyl groups excluding tert-OH is 4. The molecule has 2 aliphatic carbocycles. The van der Waals surface area contributed by atoms with Crippen molar-refractivity contribution < 1.29 is 45.0 Å². The second kappa shape index (κ2) is 20.6. The Morgan fingerprint density at radius 3 is 2.50 bits per heavy atom. The number of H-pyrrole nitrogens is 1. The molecule has 0 saturated heterocycles. The minimum absolute atomic E-state index is 0.00118. The molecule has 2 aromatic carbocycles. The van der Waals surface area contributed by atoms with Crippen molar-refractivity contribution in [3.8, 4) is 0 Å². The number of carboxylic acid groups (broad SMARTS) is 1. The van der Waals surface area contributed by atoms with Crippen LogP contribution in [-0.2, 0) is 27.2 Å². The van der Waals surface area contributed by atoms with E-state index in [0.29, 0.717) is 49.9 Å². The number of aliphatic imine (C=N–C) groups is 1. The number of hydrogen-bond acceptors (Lipinski definition) is 13. The Bertz CT molecular complexity index is 2020. The summed E-state index contributed by atoms with van der Waals surface area (Å²) in [6.45, 7) is -0.677. The zero-order chi connectivity index (χ0) is 42.9. The SMILES string of the molecule is NC1=N[C@H](/C(=C\C(=O)O)[C@@H](C[C@@H]2[C@@H]3c4cc5cc(CC=O)ccc5cc4C[C@H]2C=C[C@@H]3CC[C@H](N)CC[C@H](C=O)CCC(O)O)Nc2ccc[nH]2)C[C@H]([C@H](O)[C@H](O)CO)N1. The van der Waals surface area contributed by atoms with Gasteiger partial charge in [0.25, 0.3) is 0 Å². The van der Waals surface area contributed by atoms with Crippen LogP contribution in [0.5, 0.6) is 0 Å². The van der Waals surface area contributed by atoms with E-state index in [4.69, 9.17) is 11.5 Å². The quantitative estimate of drug-likeness (QED) is 0.0301. The van der Waals surface area contributed by atoms with Crippen LogP contribution in [-0.4, -0.2) is 109 Å². The minimum Gasteiger partial charge on any atom is -0.478 e. The van der Waals surface area contributed by atoms with Crippen molar-refractivity contribution in [2.75, 3.05) is 11.9 Å². The molecule has 15 nitrogen and oxygen atoms in total. The number of nitrogens with zero attached hydrogens (tertiary/aromatic N) is 1. The number of aliphatic hydroxyl groups is 5. The summed E-state index contributed by atoms with van der Waals surface area (Å²) in [6, 6.07) is 11.9. The number of aliphatic carboxylic acids is 1. The van der Waals surface area contributed by atoms with Crippen molar-refractivity contribution in [3.05, 3.63) is 89.2 Å². The zero-order valence-corrected chi connectivity index (χ0v) is 33.7. The van der Waals surface area contributed by atoms with Gasteiger partial charge in [-0.2, -0.15) is 0 Å². The number of nitrogens with two attached hydrogens (primary N) is 2. The lowest BCUT2D eigenvalue weighted by molar-refractivity contribution is -0.131. The maximum atomic E-state index is 12.6. The molecular weight excluding hydrogens is 769 g/mol. The summed E-state index contributed by atoms with van der Waals surface area (Å²) in [6.07, 6.45) is 9.71. The largest absolute Gasteiger partial charge is 0.478 e. The number of hydrogen-bond donors (Lipinski definition) is 11. The van der Waals surface area contributed by atoms with Gasteiger partial charge in [-0.15, -0.1) is 0 Å². The summed E-state index contributed by atoms with van der Waals surface area (Å²) in [4.78, 5) is 43.7. The number of aldehydes is 2. The smallest absolute Gasteiger partial charge is 0.328 e. The molecule has 0 spiro atoms. The maximum Gasteiger partial charge on any atom is 0.328 e. The van der Waals surface area contributed by atoms with Crippen LogP contribution in [0.2, 0.25) is 0 Å². The molecule has 11 atom stereocenters. The van der Waals surface area contributed by atoms with Gasteiger partial charge in [0.1, 0.15) is 30.6 Å². The van der Waals surface area contributed by atoms with E-state index < -0.39 is 49.2 Å². The third kappa shape index (κ3) is 11.1. The molecule has 324 valence electrons. The second-order valence-corrected chi connectivity index (χ2v) is 16.8. The Balaban J connectivity index is 1.36. The molecule has 2 bridgehead atoms. The first kappa shape index (κ1) is 44.6. The number of carboxylic acids is 1. The summed E-state index contributed by atoms with van der Waals surface area (Å²) in [7, 11) is 0. The predicted octanol–water partition coefficient (Wildman–Crippen LogP) is 2.40. The molecule has 60 heavy (non-hydrogen) atoms. The van der Waals surface area contributed by atoms with Gasteiger partial charge in [-0.3, -0.25) is 0 Å². The molecule has 3 aliphatic rings. The Morgan fingerprint density at radius 2 is 1.80 bits per heavy atom. The van der Waals surface area contributed by atoms with Crippen molar-refractivity contribution in [1.29, 1.82) is 0 Å². The number of guanidine groups is 1. The lowest BCUT2D eigenvalue weighted by Crippen LogP contribution is -2.56. The Labute approximate surface area is 349 Å². The van der Waals surface area contributed by atoms with Gasteiger partial charge in [0.05, 0.1) is 24.7 Å². The van der Waals surface area contributed by atoms with Crippen molar-refractivity contribution in [3.63, 3.8) is 0 Å². The topological polar surface area (TPSA) is 277 Å². The van der Waals surface area contributed by atoms with Gasteiger partial charge in [-0.1, -0.05) is 42.5 Å². The van der Waals surface area contributed by atoms with Crippen LogP contribution in [0.3, 0.4) is 0 Å². The number of benzene rings is 2. The number of carbonyl (C=O) groups excluding carboxylic acids is 2. The molecule has 0 radical (unpaired) electrons. The highest BCUT2D eigenvalue weighted by Gasteiger charge is 2.44. The fourth-order valence-corrected chi connectivity index (χ4v) is 9.70. The van der Waals surface area contributed by atoms with Crippen LogP contribution < -0.4 is 22.1 Å². The number of carbonyl (C=O) groups is 3. The number of aromatic amines is 1. The van der Waals surface area contributed by atoms with Crippen LogP contribution in [0.25, 0.3) is 10.8 Å². The van der Waals surface area contributed by atoms with Crippen molar-refractivity contribution in [2.24, 2.45) is 40.1 Å². The molecular formula is C45H60N6O9. The molecule has 1 aliphatic heterocycles. The number of rotatable bonds is 22. The third-order valence-corrected chi connectivity index (χ3v) is 12.8. The second-order valence-electron chi connectivity index (χ2n) is 16.8. The van der Waals surface area contributed by atoms with Crippen molar-refractivity contribution in [1.82, 2.24) is 10.3 Å². The highest BCUT2D eigenvalue weighted by molar-refractivity contribution is 5.86. The first-order valence-corrected chi connectivity index (χ1v) is 21.0. The van der Waals surface area contributed by atoms with E-state index in [2.05, 4.69) is 57.0 Å². The highest BCUT2D eigenvalue weighted by atomic mass is 16.5. The summed E-state index contributed by atoms with van der Waals surface area (Å²) >= 11 is 0. The first-order valence-electron chi connectivity index (χ1n) is 21.0. The number of aromatic nitrogens is 1. The van der Waals surface area contributed by atoms with E-state index in [1.807, 2.05) is 18.2 Å².